The number of morpholine rings is 1. The number of aromatic nitrogens is 6. The zero-order valence-electron chi connectivity index (χ0n) is 23.4. The average Bonchev–Trinajstić information content (AvgIpc) is 3.32. The maximum absolute atomic E-state index is 12.5. The Bertz CT molecular complexity index is 1360. The molecular weight excluding hydrogens is 492 g/mol. The molecule has 1 aliphatic rings. The zero-order chi connectivity index (χ0) is 27.9. The molecule has 4 heterocycles. The second kappa shape index (κ2) is 12.8. The maximum Gasteiger partial charge on any atom is 0.223 e. The Morgan fingerprint density at radius 1 is 1.05 bits per heavy atom. The predicted octanol–water partition coefficient (Wildman–Crippen LogP) is 4.40. The van der Waals surface area contributed by atoms with Crippen molar-refractivity contribution in [1.82, 2.24) is 34.4 Å². The summed E-state index contributed by atoms with van der Waals surface area (Å²) in [4.78, 5) is 35.6. The Morgan fingerprint density at radius 3 is 2.33 bits per heavy atom. The number of nitrogen functional groups attached to an aromatic ring is 1. The van der Waals surface area contributed by atoms with Crippen molar-refractivity contribution in [2.45, 2.75) is 72.1 Å². The van der Waals surface area contributed by atoms with Crippen molar-refractivity contribution >= 4 is 22.9 Å². The lowest BCUT2D eigenvalue weighted by atomic mass is 9.92. The first kappa shape index (κ1) is 28.1. The topological polar surface area (TPSA) is 125 Å². The maximum atomic E-state index is 12.5. The monoisotopic (exact) mass is 530 g/mol. The Balaban J connectivity index is 0.000000181. The van der Waals surface area contributed by atoms with Crippen LogP contribution in [0.3, 0.4) is 0 Å². The third kappa shape index (κ3) is 6.75. The van der Waals surface area contributed by atoms with E-state index in [1.54, 1.807) is 12.4 Å². The van der Waals surface area contributed by atoms with Gasteiger partial charge in [-0.25, -0.2) is 24.9 Å². The van der Waals surface area contributed by atoms with Crippen LogP contribution in [0.15, 0.2) is 49.1 Å². The van der Waals surface area contributed by atoms with Crippen LogP contribution in [0, 0.1) is 6.92 Å². The first-order valence-electron chi connectivity index (χ1n) is 13.5. The van der Waals surface area contributed by atoms with E-state index in [2.05, 4.69) is 44.0 Å². The van der Waals surface area contributed by atoms with E-state index >= 15 is 0 Å². The highest BCUT2D eigenvalue weighted by Gasteiger charge is 2.27. The Labute approximate surface area is 229 Å². The second-order valence-electron chi connectivity index (χ2n) is 9.91. The minimum absolute atomic E-state index is 0.138. The van der Waals surface area contributed by atoms with Gasteiger partial charge in [-0.15, -0.1) is 0 Å². The summed E-state index contributed by atoms with van der Waals surface area (Å²) in [5.74, 6) is 2.43. The van der Waals surface area contributed by atoms with Crippen molar-refractivity contribution in [1.29, 1.82) is 0 Å². The molecule has 1 saturated heterocycles. The number of nitrogens with zero attached hydrogens (tertiary/aromatic N) is 7. The number of rotatable bonds is 6. The van der Waals surface area contributed by atoms with E-state index in [9.17, 15) is 4.79 Å². The number of imidazole rings is 1. The molecule has 1 fully saturated rings. The van der Waals surface area contributed by atoms with Crippen LogP contribution < -0.4 is 5.73 Å². The fourth-order valence-corrected chi connectivity index (χ4v) is 4.93. The van der Waals surface area contributed by atoms with Gasteiger partial charge in [0.05, 0.1) is 17.8 Å². The van der Waals surface area contributed by atoms with Crippen LogP contribution in [0.5, 0.6) is 0 Å². The lowest BCUT2D eigenvalue weighted by molar-refractivity contribution is -0.143. The number of carbonyl (C=O) groups is 1. The van der Waals surface area contributed by atoms with E-state index in [1.807, 2.05) is 55.4 Å². The molecule has 5 rings (SSSR count). The minimum atomic E-state index is 0.138. The zero-order valence-corrected chi connectivity index (χ0v) is 23.4. The highest BCUT2D eigenvalue weighted by molar-refractivity contribution is 5.85. The van der Waals surface area contributed by atoms with Crippen LogP contribution >= 0.6 is 0 Å². The number of benzene rings is 1. The van der Waals surface area contributed by atoms with Crippen molar-refractivity contribution in [3.8, 4) is 11.4 Å². The van der Waals surface area contributed by atoms with E-state index in [-0.39, 0.29) is 18.1 Å². The number of aryl methyl sites for hydroxylation is 2. The number of nitrogens with two attached hydrogens (primary N) is 1. The van der Waals surface area contributed by atoms with Crippen molar-refractivity contribution < 1.29 is 9.53 Å². The van der Waals surface area contributed by atoms with E-state index < -0.39 is 0 Å². The van der Waals surface area contributed by atoms with Crippen LogP contribution in [-0.2, 0) is 16.1 Å². The number of fused-ring (bicyclic) bond motifs is 1. The van der Waals surface area contributed by atoms with Gasteiger partial charge in [-0.05, 0) is 45.6 Å². The molecule has 1 amide bonds. The SMILES string of the molecule is CC[C@H](CC(=O)N1C[C@@H](C)O[C@@H](C)C1)c1ccccc1.CCn1c(-c2cnc(C)nc2)nc2c(N)ncnc21. The van der Waals surface area contributed by atoms with Gasteiger partial charge in [0, 0.05) is 38.4 Å². The van der Waals surface area contributed by atoms with E-state index in [0.717, 1.165) is 35.8 Å². The van der Waals surface area contributed by atoms with E-state index in [4.69, 9.17) is 10.5 Å². The molecule has 0 bridgehead atoms. The highest BCUT2D eigenvalue weighted by Crippen LogP contribution is 2.26. The van der Waals surface area contributed by atoms with E-state index in [0.29, 0.717) is 36.8 Å². The third-order valence-corrected chi connectivity index (χ3v) is 6.87. The molecule has 39 heavy (non-hydrogen) atoms. The van der Waals surface area contributed by atoms with Crippen molar-refractivity contribution in [2.24, 2.45) is 0 Å². The average molecular weight is 531 g/mol. The lowest BCUT2D eigenvalue weighted by Crippen LogP contribution is -2.48. The molecule has 3 atom stereocenters. The van der Waals surface area contributed by atoms with Gasteiger partial charge in [0.15, 0.2) is 17.0 Å². The van der Waals surface area contributed by atoms with Crippen LogP contribution in [-0.4, -0.2) is 65.6 Å². The van der Waals surface area contributed by atoms with Gasteiger partial charge in [-0.3, -0.25) is 4.79 Å². The number of hydrogen-bond donors (Lipinski definition) is 1. The fourth-order valence-electron chi connectivity index (χ4n) is 4.93. The van der Waals surface area contributed by atoms with Gasteiger partial charge in [-0.2, -0.15) is 0 Å². The minimum Gasteiger partial charge on any atom is -0.382 e. The third-order valence-electron chi connectivity index (χ3n) is 6.87. The van der Waals surface area contributed by atoms with Gasteiger partial charge >= 0.3 is 0 Å². The van der Waals surface area contributed by atoms with Gasteiger partial charge in [0.2, 0.25) is 5.91 Å². The summed E-state index contributed by atoms with van der Waals surface area (Å²) in [6.07, 6.45) is 6.81. The highest BCUT2D eigenvalue weighted by atomic mass is 16.5. The normalized spacial score (nSPS) is 17.9. The summed E-state index contributed by atoms with van der Waals surface area (Å²) < 4.78 is 7.66. The molecule has 3 aromatic heterocycles. The second-order valence-corrected chi connectivity index (χ2v) is 9.91. The fraction of sp³-hybridized carbons (Fsp3) is 0.448. The number of carbonyl (C=O) groups excluding carboxylic acids is 1. The van der Waals surface area contributed by atoms with Crippen LogP contribution in [0.4, 0.5) is 5.82 Å². The molecule has 0 spiro atoms. The van der Waals surface area contributed by atoms with Crippen molar-refractivity contribution in [3.05, 3.63) is 60.4 Å². The number of hydrogen-bond acceptors (Lipinski definition) is 8. The molecule has 0 aliphatic carbocycles. The number of ether oxygens (including phenoxy) is 1. The molecule has 2 N–H and O–H groups in total. The quantitative estimate of drug-likeness (QED) is 0.389. The van der Waals surface area contributed by atoms with Gasteiger partial charge in [0.1, 0.15) is 18.0 Å². The molecule has 1 aliphatic heterocycles. The Kier molecular flexibility index (Phi) is 9.19. The van der Waals surface area contributed by atoms with Crippen LogP contribution in [0.25, 0.3) is 22.6 Å². The summed E-state index contributed by atoms with van der Waals surface area (Å²) in [6, 6.07) is 10.3. The molecule has 10 nitrogen and oxygen atoms in total. The van der Waals surface area contributed by atoms with Crippen molar-refractivity contribution in [2.75, 3.05) is 18.8 Å². The molecule has 4 aromatic rings. The first-order valence-corrected chi connectivity index (χ1v) is 13.5. The summed E-state index contributed by atoms with van der Waals surface area (Å²) in [6.45, 7) is 12.2. The van der Waals surface area contributed by atoms with Crippen LogP contribution in [0.2, 0.25) is 0 Å². The summed E-state index contributed by atoms with van der Waals surface area (Å²) in [5, 5.41) is 0. The molecule has 1 aromatic carbocycles. The predicted molar refractivity (Wildman–Crippen MR) is 152 cm³/mol. The number of amides is 1. The first-order chi connectivity index (χ1) is 18.8. The van der Waals surface area contributed by atoms with E-state index in [1.165, 1.54) is 11.9 Å². The molecule has 10 heteroatoms. The largest absolute Gasteiger partial charge is 0.382 e. The van der Waals surface area contributed by atoms with Gasteiger partial charge in [0.25, 0.3) is 0 Å². The lowest BCUT2D eigenvalue weighted by Gasteiger charge is -2.36. The number of anilines is 1. The Hall–Kier alpha value is -3.92. The Morgan fingerprint density at radius 2 is 1.72 bits per heavy atom. The molecule has 0 unspecified atom stereocenters. The molecule has 206 valence electrons. The van der Waals surface area contributed by atoms with Crippen molar-refractivity contribution in [3.63, 3.8) is 0 Å². The summed E-state index contributed by atoms with van der Waals surface area (Å²) in [7, 11) is 0. The van der Waals surface area contributed by atoms with Crippen LogP contribution in [0.1, 0.15) is 57.8 Å². The van der Waals surface area contributed by atoms with Gasteiger partial charge < -0.3 is 19.9 Å². The summed E-state index contributed by atoms with van der Waals surface area (Å²) in [5.41, 5.74) is 9.28. The standard InChI is InChI=1S/C17H25NO2.C12H13N7/c1-4-15(16-8-6-5-7-9-16)10-17(19)18-11-13(2)20-14(3)12-18;1-3-19-11(8-4-14-7(2)15-5-8)18-9-10(13)16-6-17-12(9)19/h5-9,13-15H,4,10-12H2,1-3H3;4-6H,3H2,1-2H3,(H2,13,16,17)/t13-,14+,15-;/m1./s1. The summed E-state index contributed by atoms with van der Waals surface area (Å²) >= 11 is 0. The molecule has 0 radical (unpaired) electrons. The van der Waals surface area contributed by atoms with Gasteiger partial charge in [-0.1, -0.05) is 37.3 Å². The molecule has 0 saturated carbocycles. The smallest absolute Gasteiger partial charge is 0.223 e. The molecular formula is C29H38N8O2.